The minimum absolute atomic E-state index is 0.00477. The second-order valence-corrected chi connectivity index (χ2v) is 3.90. The maximum atomic E-state index is 10.9. The third-order valence-electron chi connectivity index (χ3n) is 2.34. The van der Waals surface area contributed by atoms with Crippen LogP contribution in [0.25, 0.3) is 10.9 Å². The Bertz CT molecular complexity index is 586. The van der Waals surface area contributed by atoms with Crippen LogP contribution in [0.15, 0.2) is 24.4 Å². The highest BCUT2D eigenvalue weighted by Gasteiger charge is 2.15. The molecule has 0 fully saturated rings. The average Bonchev–Trinajstić information content (AvgIpc) is 2.29. The minimum Gasteiger partial charge on any atom is -0.380 e. The van der Waals surface area contributed by atoms with Crippen molar-refractivity contribution in [3.05, 3.63) is 45.1 Å². The normalized spacial score (nSPS) is 10.7. The van der Waals surface area contributed by atoms with Gasteiger partial charge >= 0.3 is 0 Å². The van der Waals surface area contributed by atoms with Gasteiger partial charge in [0.05, 0.1) is 27.5 Å². The predicted molar refractivity (Wildman–Crippen MR) is 64.1 cm³/mol. The molecule has 5 nitrogen and oxygen atoms in total. The minimum atomic E-state index is -0.447. The van der Waals surface area contributed by atoms with E-state index in [9.17, 15) is 10.1 Å². The molecule has 1 aromatic heterocycles. The molecule has 0 unspecified atom stereocenters. The topological polar surface area (TPSA) is 65.3 Å². The summed E-state index contributed by atoms with van der Waals surface area (Å²) in [5.41, 5.74) is 1.20. The Kier molecular flexibility index (Phi) is 3.21. The summed E-state index contributed by atoms with van der Waals surface area (Å²) >= 11 is 5.95. The Morgan fingerprint density at radius 2 is 2.29 bits per heavy atom. The Hall–Kier alpha value is -1.72. The van der Waals surface area contributed by atoms with Crippen LogP contribution >= 0.6 is 11.6 Å². The Morgan fingerprint density at radius 1 is 1.53 bits per heavy atom. The lowest BCUT2D eigenvalue weighted by atomic mass is 10.1. The van der Waals surface area contributed by atoms with Crippen molar-refractivity contribution >= 4 is 28.2 Å². The van der Waals surface area contributed by atoms with Gasteiger partial charge in [0, 0.05) is 19.4 Å². The van der Waals surface area contributed by atoms with Crippen LogP contribution in [0.2, 0.25) is 5.02 Å². The van der Waals surface area contributed by atoms with Gasteiger partial charge in [0.15, 0.2) is 0 Å². The molecule has 0 radical (unpaired) electrons. The van der Waals surface area contributed by atoms with Crippen molar-refractivity contribution in [2.24, 2.45) is 0 Å². The van der Waals surface area contributed by atoms with Gasteiger partial charge in [-0.1, -0.05) is 11.6 Å². The van der Waals surface area contributed by atoms with Crippen LogP contribution in [-0.4, -0.2) is 17.0 Å². The second-order valence-electron chi connectivity index (χ2n) is 3.50. The van der Waals surface area contributed by atoms with E-state index in [2.05, 4.69) is 4.98 Å². The Balaban J connectivity index is 2.71. The van der Waals surface area contributed by atoms with E-state index in [4.69, 9.17) is 16.3 Å². The zero-order valence-electron chi connectivity index (χ0n) is 9.01. The molecule has 17 heavy (non-hydrogen) atoms. The quantitative estimate of drug-likeness (QED) is 0.622. The average molecular weight is 253 g/mol. The second kappa shape index (κ2) is 4.65. The summed E-state index contributed by atoms with van der Waals surface area (Å²) in [6.07, 6.45) is 1.60. The van der Waals surface area contributed by atoms with Crippen LogP contribution < -0.4 is 0 Å². The Morgan fingerprint density at radius 3 is 2.94 bits per heavy atom. The van der Waals surface area contributed by atoms with Gasteiger partial charge in [-0.05, 0) is 17.7 Å². The van der Waals surface area contributed by atoms with E-state index < -0.39 is 4.92 Å². The SMILES string of the molecule is COCc1cnc2c(Cl)ccc([N+](=O)[O-])c2c1. The van der Waals surface area contributed by atoms with Crippen LogP contribution in [-0.2, 0) is 11.3 Å². The monoisotopic (exact) mass is 252 g/mol. The standard InChI is InChI=1S/C11H9ClN2O3/c1-17-6-7-4-8-10(14(15)16)3-2-9(12)11(8)13-5-7/h2-5H,6H2,1H3. The summed E-state index contributed by atoms with van der Waals surface area (Å²) in [4.78, 5) is 14.6. The van der Waals surface area contributed by atoms with E-state index >= 15 is 0 Å². The lowest BCUT2D eigenvalue weighted by Crippen LogP contribution is -1.94. The molecule has 0 saturated carbocycles. The van der Waals surface area contributed by atoms with E-state index in [-0.39, 0.29) is 5.69 Å². The van der Waals surface area contributed by atoms with Crippen molar-refractivity contribution in [3.63, 3.8) is 0 Å². The molecule has 0 spiro atoms. The molecule has 2 rings (SSSR count). The number of nitrogens with zero attached hydrogens (tertiary/aromatic N) is 2. The summed E-state index contributed by atoms with van der Waals surface area (Å²) in [5.74, 6) is 0. The number of methoxy groups -OCH3 is 1. The third kappa shape index (κ3) is 2.20. The number of hydrogen-bond acceptors (Lipinski definition) is 4. The zero-order valence-corrected chi connectivity index (χ0v) is 9.77. The fraction of sp³-hybridized carbons (Fsp3) is 0.182. The first-order valence-corrected chi connectivity index (χ1v) is 5.21. The van der Waals surface area contributed by atoms with Crippen molar-refractivity contribution in [1.29, 1.82) is 0 Å². The number of benzene rings is 1. The van der Waals surface area contributed by atoms with Gasteiger partial charge in [-0.15, -0.1) is 0 Å². The van der Waals surface area contributed by atoms with E-state index in [0.717, 1.165) is 5.56 Å². The Labute approximate surface area is 102 Å². The lowest BCUT2D eigenvalue weighted by Gasteiger charge is -2.04. The van der Waals surface area contributed by atoms with Crippen LogP contribution in [0.3, 0.4) is 0 Å². The van der Waals surface area contributed by atoms with Crippen molar-refractivity contribution < 1.29 is 9.66 Å². The molecule has 0 atom stereocenters. The number of hydrogen-bond donors (Lipinski definition) is 0. The van der Waals surface area contributed by atoms with Gasteiger partial charge in [-0.2, -0.15) is 0 Å². The molecule has 6 heteroatoms. The molecule has 1 aromatic carbocycles. The lowest BCUT2D eigenvalue weighted by molar-refractivity contribution is -0.383. The predicted octanol–water partition coefficient (Wildman–Crippen LogP) is 2.94. The number of halogens is 1. The van der Waals surface area contributed by atoms with Crippen molar-refractivity contribution in [1.82, 2.24) is 4.98 Å². The highest BCUT2D eigenvalue weighted by molar-refractivity contribution is 6.35. The third-order valence-corrected chi connectivity index (χ3v) is 2.65. The number of aromatic nitrogens is 1. The first-order chi connectivity index (χ1) is 8.13. The first kappa shape index (κ1) is 11.8. The molecule has 1 heterocycles. The largest absolute Gasteiger partial charge is 0.380 e. The van der Waals surface area contributed by atoms with Crippen molar-refractivity contribution in [3.8, 4) is 0 Å². The van der Waals surface area contributed by atoms with Crippen molar-refractivity contribution in [2.75, 3.05) is 7.11 Å². The molecule has 0 amide bonds. The zero-order chi connectivity index (χ0) is 12.4. The number of pyridine rings is 1. The summed E-state index contributed by atoms with van der Waals surface area (Å²) in [7, 11) is 1.55. The van der Waals surface area contributed by atoms with Crippen LogP contribution in [0.5, 0.6) is 0 Å². The molecule has 2 aromatic rings. The van der Waals surface area contributed by atoms with Gasteiger partial charge in [0.1, 0.15) is 0 Å². The summed E-state index contributed by atoms with van der Waals surface area (Å²) in [6.45, 7) is 0.354. The van der Waals surface area contributed by atoms with Gasteiger partial charge < -0.3 is 4.74 Å². The smallest absolute Gasteiger partial charge is 0.278 e. The molecular weight excluding hydrogens is 244 g/mol. The van der Waals surface area contributed by atoms with E-state index in [1.54, 1.807) is 19.4 Å². The molecule has 88 valence electrons. The molecule has 0 aliphatic carbocycles. The number of rotatable bonds is 3. The van der Waals surface area contributed by atoms with E-state index in [0.29, 0.717) is 22.5 Å². The first-order valence-electron chi connectivity index (χ1n) is 4.84. The molecule has 0 N–H and O–H groups in total. The van der Waals surface area contributed by atoms with Gasteiger partial charge in [-0.3, -0.25) is 15.1 Å². The molecule has 0 saturated heterocycles. The highest BCUT2D eigenvalue weighted by Crippen LogP contribution is 2.30. The molecule has 0 aliphatic rings. The van der Waals surface area contributed by atoms with Gasteiger partial charge in [0.2, 0.25) is 0 Å². The van der Waals surface area contributed by atoms with Crippen LogP contribution in [0, 0.1) is 10.1 Å². The van der Waals surface area contributed by atoms with Crippen LogP contribution in [0.1, 0.15) is 5.56 Å². The molecule has 0 bridgehead atoms. The van der Waals surface area contributed by atoms with E-state index in [1.165, 1.54) is 12.1 Å². The van der Waals surface area contributed by atoms with Gasteiger partial charge in [-0.25, -0.2) is 0 Å². The number of non-ortho nitro benzene ring substituents is 1. The number of fused-ring (bicyclic) bond motifs is 1. The number of ether oxygens (including phenoxy) is 1. The maximum absolute atomic E-state index is 10.9. The van der Waals surface area contributed by atoms with E-state index in [1.807, 2.05) is 0 Å². The summed E-state index contributed by atoms with van der Waals surface area (Å²) in [6, 6.07) is 4.53. The number of nitro groups is 1. The summed E-state index contributed by atoms with van der Waals surface area (Å²) < 4.78 is 4.96. The maximum Gasteiger partial charge on any atom is 0.278 e. The number of nitro benzene ring substituents is 1. The molecule has 0 aliphatic heterocycles. The van der Waals surface area contributed by atoms with Gasteiger partial charge in [0.25, 0.3) is 5.69 Å². The fourth-order valence-corrected chi connectivity index (χ4v) is 1.83. The fourth-order valence-electron chi connectivity index (χ4n) is 1.62. The summed E-state index contributed by atoms with van der Waals surface area (Å²) in [5, 5.41) is 11.7. The van der Waals surface area contributed by atoms with Crippen molar-refractivity contribution in [2.45, 2.75) is 6.61 Å². The highest BCUT2D eigenvalue weighted by atomic mass is 35.5. The molecular formula is C11H9ClN2O3. The van der Waals surface area contributed by atoms with Crippen LogP contribution in [0.4, 0.5) is 5.69 Å².